The molecule has 0 bridgehead atoms. The van der Waals surface area contributed by atoms with Crippen LogP contribution in [-0.4, -0.2) is 57.2 Å². The Morgan fingerprint density at radius 2 is 1.87 bits per heavy atom. The molecule has 0 amide bonds. The van der Waals surface area contributed by atoms with Gasteiger partial charge in [0.25, 0.3) is 0 Å². The van der Waals surface area contributed by atoms with Crippen LogP contribution in [0.2, 0.25) is 0 Å². The van der Waals surface area contributed by atoms with Crippen LogP contribution >= 0.6 is 0 Å². The van der Waals surface area contributed by atoms with Gasteiger partial charge in [0.05, 0.1) is 6.26 Å². The van der Waals surface area contributed by atoms with E-state index in [0.717, 1.165) is 56.9 Å². The van der Waals surface area contributed by atoms with E-state index in [1.165, 1.54) is 5.69 Å². The van der Waals surface area contributed by atoms with Gasteiger partial charge in [-0.3, -0.25) is 4.90 Å². The highest BCUT2D eigenvalue weighted by atomic mass is 16.3. The van der Waals surface area contributed by atoms with Gasteiger partial charge < -0.3 is 14.6 Å². The highest BCUT2D eigenvalue weighted by Gasteiger charge is 2.21. The number of rotatable bonds is 7. The molecule has 0 unspecified atom stereocenters. The third-order valence-electron chi connectivity index (χ3n) is 5.60. The SMILES string of the molecule is CCCNc1ncc(CN2CCN(c3ccccc3)CC2)c2nc(-c3ccco3)nn12. The fourth-order valence-electron chi connectivity index (χ4n) is 3.94. The van der Waals surface area contributed by atoms with E-state index in [2.05, 4.69) is 62.5 Å². The minimum absolute atomic E-state index is 0.577. The molecule has 1 aliphatic heterocycles. The number of piperazine rings is 1. The summed E-state index contributed by atoms with van der Waals surface area (Å²) in [5.74, 6) is 1.94. The molecule has 1 aliphatic rings. The van der Waals surface area contributed by atoms with Crippen molar-refractivity contribution in [2.24, 2.45) is 0 Å². The van der Waals surface area contributed by atoms with Crippen LogP contribution in [0.1, 0.15) is 18.9 Å². The summed E-state index contributed by atoms with van der Waals surface area (Å²) in [6.07, 6.45) is 4.58. The zero-order chi connectivity index (χ0) is 21.0. The molecule has 160 valence electrons. The van der Waals surface area contributed by atoms with E-state index in [4.69, 9.17) is 9.40 Å². The lowest BCUT2D eigenvalue weighted by Crippen LogP contribution is -2.46. The fourth-order valence-corrected chi connectivity index (χ4v) is 3.94. The number of benzene rings is 1. The maximum absolute atomic E-state index is 5.52. The van der Waals surface area contributed by atoms with Gasteiger partial charge in [0.15, 0.2) is 11.4 Å². The molecule has 8 nitrogen and oxygen atoms in total. The largest absolute Gasteiger partial charge is 0.461 e. The van der Waals surface area contributed by atoms with Crippen molar-refractivity contribution in [2.75, 3.05) is 42.9 Å². The van der Waals surface area contributed by atoms with Crippen molar-refractivity contribution >= 4 is 17.3 Å². The molecule has 8 heteroatoms. The van der Waals surface area contributed by atoms with Crippen LogP contribution in [0.15, 0.2) is 59.3 Å². The summed E-state index contributed by atoms with van der Waals surface area (Å²) in [7, 11) is 0. The minimum atomic E-state index is 0.577. The van der Waals surface area contributed by atoms with E-state index in [0.29, 0.717) is 17.5 Å². The van der Waals surface area contributed by atoms with Gasteiger partial charge >= 0.3 is 0 Å². The Morgan fingerprint density at radius 1 is 1.03 bits per heavy atom. The van der Waals surface area contributed by atoms with Crippen LogP contribution < -0.4 is 10.2 Å². The molecule has 3 aromatic heterocycles. The lowest BCUT2D eigenvalue weighted by Gasteiger charge is -2.36. The van der Waals surface area contributed by atoms with Crippen molar-refractivity contribution in [1.29, 1.82) is 0 Å². The molecule has 0 radical (unpaired) electrons. The number of para-hydroxylation sites is 1. The van der Waals surface area contributed by atoms with Crippen LogP contribution in [0.5, 0.6) is 0 Å². The molecule has 0 atom stereocenters. The summed E-state index contributed by atoms with van der Waals surface area (Å²) in [6, 6.07) is 14.3. The lowest BCUT2D eigenvalue weighted by atomic mass is 10.2. The van der Waals surface area contributed by atoms with Gasteiger partial charge in [-0.25, -0.2) is 9.97 Å². The average Bonchev–Trinajstić information content (AvgIpc) is 3.50. The van der Waals surface area contributed by atoms with Crippen molar-refractivity contribution in [3.8, 4) is 11.6 Å². The van der Waals surface area contributed by atoms with Gasteiger partial charge in [0.2, 0.25) is 11.8 Å². The molecule has 4 aromatic rings. The first-order chi connectivity index (χ1) is 15.3. The van der Waals surface area contributed by atoms with Crippen LogP contribution in [0, 0.1) is 0 Å². The second kappa shape index (κ2) is 8.77. The highest BCUT2D eigenvalue weighted by Crippen LogP contribution is 2.22. The standard InChI is InChI=1S/C23H27N7O/c1-2-10-24-23-25-16-18(22-26-21(27-30(22)23)20-9-6-15-31-20)17-28-11-13-29(14-12-28)19-7-4-3-5-8-19/h3-9,15-16H,2,10-14,17H2,1H3,(H,24,25). The van der Waals surface area contributed by atoms with Crippen molar-refractivity contribution in [3.05, 3.63) is 60.5 Å². The minimum Gasteiger partial charge on any atom is -0.461 e. The number of hydrogen-bond acceptors (Lipinski definition) is 7. The molecule has 1 N–H and O–H groups in total. The smallest absolute Gasteiger partial charge is 0.225 e. The summed E-state index contributed by atoms with van der Waals surface area (Å²) in [4.78, 5) is 14.3. The van der Waals surface area contributed by atoms with Crippen LogP contribution in [0.4, 0.5) is 11.6 Å². The van der Waals surface area contributed by atoms with E-state index in [1.807, 2.05) is 22.8 Å². The molecular formula is C23H27N7O. The van der Waals surface area contributed by atoms with Crippen molar-refractivity contribution in [1.82, 2.24) is 24.5 Å². The quantitative estimate of drug-likeness (QED) is 0.493. The van der Waals surface area contributed by atoms with Gasteiger partial charge in [0.1, 0.15) is 0 Å². The Morgan fingerprint density at radius 3 is 2.61 bits per heavy atom. The van der Waals surface area contributed by atoms with Crippen LogP contribution in [0.3, 0.4) is 0 Å². The molecular weight excluding hydrogens is 390 g/mol. The van der Waals surface area contributed by atoms with E-state index >= 15 is 0 Å². The monoisotopic (exact) mass is 417 g/mol. The Balaban J connectivity index is 1.37. The summed E-state index contributed by atoms with van der Waals surface area (Å²) >= 11 is 0. The number of fused-ring (bicyclic) bond motifs is 1. The normalized spacial score (nSPS) is 14.9. The van der Waals surface area contributed by atoms with E-state index in [-0.39, 0.29) is 0 Å². The molecule has 0 spiro atoms. The lowest BCUT2D eigenvalue weighted by molar-refractivity contribution is 0.250. The Labute approximate surface area is 181 Å². The predicted octanol–water partition coefficient (Wildman–Crippen LogP) is 3.53. The zero-order valence-corrected chi connectivity index (χ0v) is 17.7. The predicted molar refractivity (Wildman–Crippen MR) is 121 cm³/mol. The number of anilines is 2. The molecule has 31 heavy (non-hydrogen) atoms. The van der Waals surface area contributed by atoms with E-state index < -0.39 is 0 Å². The number of hydrogen-bond donors (Lipinski definition) is 1. The second-order valence-corrected chi connectivity index (χ2v) is 7.78. The van der Waals surface area contributed by atoms with Gasteiger partial charge in [0, 0.05) is 56.7 Å². The second-order valence-electron chi connectivity index (χ2n) is 7.78. The summed E-state index contributed by atoms with van der Waals surface area (Å²) in [5, 5.41) is 8.02. The van der Waals surface area contributed by atoms with Gasteiger partial charge in [-0.2, -0.15) is 4.52 Å². The number of nitrogens with zero attached hydrogens (tertiary/aromatic N) is 6. The third kappa shape index (κ3) is 4.11. The first-order valence-corrected chi connectivity index (χ1v) is 10.9. The zero-order valence-electron chi connectivity index (χ0n) is 17.7. The van der Waals surface area contributed by atoms with Crippen LogP contribution in [-0.2, 0) is 6.54 Å². The molecule has 4 heterocycles. The van der Waals surface area contributed by atoms with Crippen molar-refractivity contribution in [3.63, 3.8) is 0 Å². The summed E-state index contributed by atoms with van der Waals surface area (Å²) < 4.78 is 7.33. The van der Waals surface area contributed by atoms with E-state index in [9.17, 15) is 0 Å². The molecule has 1 fully saturated rings. The number of nitrogens with one attached hydrogen (secondary N) is 1. The number of aromatic nitrogens is 4. The van der Waals surface area contributed by atoms with Gasteiger partial charge in [-0.1, -0.05) is 25.1 Å². The fraction of sp³-hybridized carbons (Fsp3) is 0.348. The van der Waals surface area contributed by atoms with Gasteiger partial charge in [-0.15, -0.1) is 5.10 Å². The van der Waals surface area contributed by atoms with Crippen molar-refractivity contribution < 1.29 is 4.42 Å². The van der Waals surface area contributed by atoms with Crippen molar-refractivity contribution in [2.45, 2.75) is 19.9 Å². The molecule has 1 aromatic carbocycles. The first kappa shape index (κ1) is 19.6. The number of furan rings is 1. The molecule has 0 saturated carbocycles. The Hall–Kier alpha value is -3.39. The third-order valence-corrected chi connectivity index (χ3v) is 5.60. The molecule has 5 rings (SSSR count). The Bertz CT molecular complexity index is 1120. The maximum atomic E-state index is 5.52. The Kier molecular flexibility index (Phi) is 5.54. The summed E-state index contributed by atoms with van der Waals surface area (Å²) in [6.45, 7) is 7.76. The average molecular weight is 418 g/mol. The maximum Gasteiger partial charge on any atom is 0.225 e. The molecule has 1 saturated heterocycles. The highest BCUT2D eigenvalue weighted by molar-refractivity contribution is 5.58. The summed E-state index contributed by atoms with van der Waals surface area (Å²) in [5.41, 5.74) is 3.18. The first-order valence-electron chi connectivity index (χ1n) is 10.9. The molecule has 0 aliphatic carbocycles. The van der Waals surface area contributed by atoms with Crippen LogP contribution in [0.25, 0.3) is 17.2 Å². The van der Waals surface area contributed by atoms with Gasteiger partial charge in [-0.05, 0) is 30.7 Å². The van der Waals surface area contributed by atoms with E-state index in [1.54, 1.807) is 6.26 Å². The topological polar surface area (TPSA) is 74.7 Å².